The van der Waals surface area contributed by atoms with Crippen LogP contribution in [0.4, 0.5) is 22.9 Å². The van der Waals surface area contributed by atoms with Crippen molar-refractivity contribution in [2.24, 2.45) is 0 Å². The number of rotatable bonds is 16. The standard InChI is InChI=1S/C46H47ClN8O5S2/c47-34-12-10-32(11-13-34)41-9-5-4-6-33(41)27-52-20-22-53(23-21-52)36-14-16-42-44(25-36)48-31-49-46(42)51-62(58,59)40-15-17-43(45(26-40)55(56)57)50-35(30-61-39-7-2-1-3-8-39)18-19-54-28-38-24-37(54)29-60-38/h1-17,25-26,31,35,37-38,50H,18-24,27-30H2,(H,48,49,51). The monoisotopic (exact) mass is 890 g/mol. The minimum absolute atomic E-state index is 0.0922. The van der Waals surface area contributed by atoms with Crippen molar-refractivity contribution in [2.45, 2.75) is 47.4 Å². The molecule has 0 amide bonds. The van der Waals surface area contributed by atoms with Crippen LogP contribution in [0.3, 0.4) is 0 Å². The van der Waals surface area contributed by atoms with Crippen LogP contribution >= 0.6 is 23.4 Å². The summed E-state index contributed by atoms with van der Waals surface area (Å²) < 4.78 is 36.1. The summed E-state index contributed by atoms with van der Waals surface area (Å²) in [5, 5.41) is 17.1. The first-order chi connectivity index (χ1) is 30.1. The Bertz CT molecular complexity index is 2650. The predicted molar refractivity (Wildman–Crippen MR) is 247 cm³/mol. The van der Waals surface area contributed by atoms with Gasteiger partial charge in [0.15, 0.2) is 5.82 Å². The van der Waals surface area contributed by atoms with Gasteiger partial charge in [-0.05, 0) is 84.1 Å². The zero-order chi connectivity index (χ0) is 42.6. The van der Waals surface area contributed by atoms with E-state index < -0.39 is 14.9 Å². The number of thioether (sulfide) groups is 1. The average molecular weight is 892 g/mol. The number of benzene rings is 5. The molecule has 0 saturated carbocycles. The number of nitro benzene ring substituents is 1. The molecular weight excluding hydrogens is 844 g/mol. The molecular formula is C46H47ClN8O5S2. The van der Waals surface area contributed by atoms with Crippen LogP contribution in [0.1, 0.15) is 18.4 Å². The smallest absolute Gasteiger partial charge is 0.293 e. The summed E-state index contributed by atoms with van der Waals surface area (Å²) >= 11 is 7.83. The number of piperazine rings is 1. The van der Waals surface area contributed by atoms with Gasteiger partial charge in [-0.25, -0.2) is 18.4 Å². The lowest BCUT2D eigenvalue weighted by Gasteiger charge is -2.36. The lowest BCUT2D eigenvalue weighted by atomic mass is 9.99. The molecule has 5 aromatic carbocycles. The van der Waals surface area contributed by atoms with Crippen molar-refractivity contribution in [3.8, 4) is 11.1 Å². The molecule has 3 saturated heterocycles. The van der Waals surface area contributed by atoms with Gasteiger partial charge in [-0.15, -0.1) is 11.8 Å². The summed E-state index contributed by atoms with van der Waals surface area (Å²) in [5.74, 6) is 0.760. The molecule has 3 aliphatic heterocycles. The number of hydrogen-bond donors (Lipinski definition) is 2. The van der Waals surface area contributed by atoms with Crippen molar-refractivity contribution in [3.63, 3.8) is 0 Å². The molecule has 3 aliphatic rings. The number of sulfonamides is 1. The Labute approximate surface area is 370 Å². The summed E-state index contributed by atoms with van der Waals surface area (Å²) in [5.41, 5.74) is 5.10. The van der Waals surface area contributed by atoms with E-state index in [2.05, 4.69) is 71.1 Å². The fraction of sp³-hybridized carbons (Fsp3) is 0.304. The van der Waals surface area contributed by atoms with Gasteiger partial charge in [0.05, 0.1) is 28.0 Å². The molecule has 2 N–H and O–H groups in total. The molecule has 16 heteroatoms. The van der Waals surface area contributed by atoms with Crippen molar-refractivity contribution < 1.29 is 18.1 Å². The molecule has 13 nitrogen and oxygen atoms in total. The highest BCUT2D eigenvalue weighted by atomic mass is 35.5. The molecule has 320 valence electrons. The Kier molecular flexibility index (Phi) is 12.6. The van der Waals surface area contributed by atoms with Gasteiger partial charge < -0.3 is 15.0 Å². The lowest BCUT2D eigenvalue weighted by Crippen LogP contribution is -2.46. The van der Waals surface area contributed by atoms with E-state index in [1.165, 1.54) is 29.6 Å². The largest absolute Gasteiger partial charge is 0.376 e. The number of nitrogens with one attached hydrogen (secondary N) is 2. The predicted octanol–water partition coefficient (Wildman–Crippen LogP) is 8.42. The molecule has 6 aromatic rings. The Morgan fingerprint density at radius 1 is 0.919 bits per heavy atom. The number of hydrogen-bond acceptors (Lipinski definition) is 12. The second-order valence-corrected chi connectivity index (χ2v) is 19.2. The van der Waals surface area contributed by atoms with Crippen molar-refractivity contribution in [1.82, 2.24) is 19.8 Å². The third-order valence-corrected chi connectivity index (χ3v) is 14.7. The molecule has 0 aliphatic carbocycles. The summed E-state index contributed by atoms with van der Waals surface area (Å²) in [6, 6.07) is 36.4. The van der Waals surface area contributed by atoms with Crippen molar-refractivity contribution >= 4 is 67.2 Å². The molecule has 62 heavy (non-hydrogen) atoms. The SMILES string of the molecule is O=[N+]([O-])c1cc(S(=O)(=O)Nc2ncnc3cc(N4CCN(Cc5ccccc5-c5ccc(Cl)cc5)CC4)ccc23)ccc1NC(CCN1CC2CC1CO2)CSc1ccccc1. The van der Waals surface area contributed by atoms with Gasteiger partial charge in [-0.3, -0.25) is 24.6 Å². The number of aromatic nitrogens is 2. The van der Waals surface area contributed by atoms with Gasteiger partial charge >= 0.3 is 0 Å². The van der Waals surface area contributed by atoms with Crippen LogP contribution in [0.2, 0.25) is 5.02 Å². The fourth-order valence-electron chi connectivity index (χ4n) is 8.64. The van der Waals surface area contributed by atoms with Crippen molar-refractivity contribution in [1.29, 1.82) is 0 Å². The maximum atomic E-state index is 13.9. The Balaban J connectivity index is 0.865. The van der Waals surface area contributed by atoms with E-state index in [1.54, 1.807) is 11.8 Å². The summed E-state index contributed by atoms with van der Waals surface area (Å²) in [7, 11) is -4.28. The molecule has 3 unspecified atom stereocenters. The summed E-state index contributed by atoms with van der Waals surface area (Å²) in [6.45, 7) is 6.64. The zero-order valence-electron chi connectivity index (χ0n) is 34.0. The van der Waals surface area contributed by atoms with Gasteiger partial charge in [0.2, 0.25) is 0 Å². The second-order valence-electron chi connectivity index (χ2n) is 16.0. The molecule has 0 spiro atoms. The number of halogens is 1. The number of nitro groups is 1. The maximum absolute atomic E-state index is 13.9. The number of morpholine rings is 1. The number of fused-ring (bicyclic) bond motifs is 3. The first-order valence-corrected chi connectivity index (χ1v) is 23.7. The number of anilines is 3. The highest BCUT2D eigenvalue weighted by Crippen LogP contribution is 2.34. The van der Waals surface area contributed by atoms with E-state index in [0.717, 1.165) is 87.5 Å². The maximum Gasteiger partial charge on any atom is 0.293 e. The molecule has 0 radical (unpaired) electrons. The van der Waals surface area contributed by atoms with Crippen molar-refractivity contribution in [3.05, 3.63) is 142 Å². The van der Waals surface area contributed by atoms with Crippen LogP contribution in [-0.2, 0) is 21.3 Å². The van der Waals surface area contributed by atoms with E-state index in [4.69, 9.17) is 16.3 Å². The molecule has 9 rings (SSSR count). The summed E-state index contributed by atoms with van der Waals surface area (Å²) in [6.07, 6.45) is 3.40. The van der Waals surface area contributed by atoms with Gasteiger partial charge in [0, 0.05) is 90.7 Å². The number of nitrogens with zero attached hydrogens (tertiary/aromatic N) is 6. The summed E-state index contributed by atoms with van der Waals surface area (Å²) in [4.78, 5) is 28.8. The highest BCUT2D eigenvalue weighted by molar-refractivity contribution is 7.99. The quantitative estimate of drug-likeness (QED) is 0.0547. The Morgan fingerprint density at radius 2 is 1.71 bits per heavy atom. The van der Waals surface area contributed by atoms with Crippen LogP contribution in [0.15, 0.2) is 131 Å². The van der Waals surface area contributed by atoms with Gasteiger partial charge in [-0.2, -0.15) is 0 Å². The van der Waals surface area contributed by atoms with Crippen LogP contribution in [0, 0.1) is 10.1 Å². The van der Waals surface area contributed by atoms with E-state index >= 15 is 0 Å². The average Bonchev–Trinajstić information content (AvgIpc) is 3.92. The van der Waals surface area contributed by atoms with Crippen LogP contribution in [-0.4, -0.2) is 103 Å². The molecule has 1 aromatic heterocycles. The number of likely N-dealkylation sites (tertiary alicyclic amines) is 1. The topological polar surface area (TPSA) is 146 Å². The van der Waals surface area contributed by atoms with Gasteiger partial charge in [0.1, 0.15) is 12.0 Å². The van der Waals surface area contributed by atoms with Crippen LogP contribution in [0.25, 0.3) is 22.0 Å². The van der Waals surface area contributed by atoms with E-state index in [0.29, 0.717) is 27.7 Å². The lowest BCUT2D eigenvalue weighted by molar-refractivity contribution is -0.384. The minimum Gasteiger partial charge on any atom is -0.376 e. The van der Waals surface area contributed by atoms with E-state index in [1.807, 2.05) is 60.7 Å². The van der Waals surface area contributed by atoms with Crippen LogP contribution in [0.5, 0.6) is 0 Å². The first kappa shape index (κ1) is 42.0. The normalized spacial score (nSPS) is 18.6. The first-order valence-electron chi connectivity index (χ1n) is 20.8. The molecule has 3 fully saturated rings. The minimum atomic E-state index is -4.28. The number of ether oxygens (including phenoxy) is 1. The molecule has 4 heterocycles. The Hall–Kier alpha value is -5.29. The molecule has 2 bridgehead atoms. The fourth-order valence-corrected chi connectivity index (χ4v) is 10.8. The second kappa shape index (κ2) is 18.6. The van der Waals surface area contributed by atoms with Crippen molar-refractivity contribution in [2.75, 3.05) is 66.6 Å². The zero-order valence-corrected chi connectivity index (χ0v) is 36.4. The van der Waals surface area contributed by atoms with Crippen LogP contribution < -0.4 is 14.9 Å². The third-order valence-electron chi connectivity index (χ3n) is 12.0. The third kappa shape index (κ3) is 9.68. The van der Waals surface area contributed by atoms with E-state index in [-0.39, 0.29) is 34.2 Å². The van der Waals surface area contributed by atoms with Gasteiger partial charge in [0.25, 0.3) is 15.7 Å². The van der Waals surface area contributed by atoms with Gasteiger partial charge in [-0.1, -0.05) is 66.2 Å². The van der Waals surface area contributed by atoms with E-state index in [9.17, 15) is 18.5 Å². The molecule has 3 atom stereocenters. The highest BCUT2D eigenvalue weighted by Gasteiger charge is 2.38. The Morgan fingerprint density at radius 3 is 2.47 bits per heavy atom.